The van der Waals surface area contributed by atoms with E-state index in [0.29, 0.717) is 5.02 Å². The molecule has 0 unspecified atom stereocenters. The van der Waals surface area contributed by atoms with Gasteiger partial charge in [-0.15, -0.1) is 0 Å². The van der Waals surface area contributed by atoms with Gasteiger partial charge in [0.05, 0.1) is 39.9 Å². The minimum Gasteiger partial charge on any atom is -0.399 e. The van der Waals surface area contributed by atoms with Crippen LogP contribution in [-0.2, 0) is 22.8 Å². The summed E-state index contributed by atoms with van der Waals surface area (Å²) in [5, 5.41) is 14.8. The summed E-state index contributed by atoms with van der Waals surface area (Å²) in [4.78, 5) is 0. The summed E-state index contributed by atoms with van der Waals surface area (Å²) in [6.07, 6.45) is 0.250. The van der Waals surface area contributed by atoms with Crippen molar-refractivity contribution < 1.29 is 9.31 Å². The van der Waals surface area contributed by atoms with Crippen LogP contribution in [0.4, 0.5) is 0 Å². The predicted octanol–water partition coefficient (Wildman–Crippen LogP) is 2.59. The molecule has 0 aliphatic carbocycles. The number of halogens is 1. The Morgan fingerprint density at radius 3 is 2.43 bits per heavy atom. The van der Waals surface area contributed by atoms with Crippen molar-refractivity contribution in [3.8, 4) is 6.07 Å². The SMILES string of the molecule is Cn1nc2ccc(B3OC(C)(C)C(C)(C)O3)c(Cl)c2c1CC#N. The fourth-order valence-corrected chi connectivity index (χ4v) is 3.11. The van der Waals surface area contributed by atoms with Crippen LogP contribution in [0.5, 0.6) is 0 Å². The van der Waals surface area contributed by atoms with Gasteiger partial charge in [-0.3, -0.25) is 4.68 Å². The summed E-state index contributed by atoms with van der Waals surface area (Å²) in [5.41, 5.74) is 1.47. The van der Waals surface area contributed by atoms with Crippen molar-refractivity contribution in [3.63, 3.8) is 0 Å². The highest BCUT2D eigenvalue weighted by molar-refractivity contribution is 6.66. The van der Waals surface area contributed by atoms with E-state index in [4.69, 9.17) is 26.2 Å². The molecule has 0 spiro atoms. The monoisotopic (exact) mass is 331 g/mol. The molecule has 0 atom stereocenters. The molecule has 1 aromatic carbocycles. The Morgan fingerprint density at radius 1 is 1.26 bits per heavy atom. The van der Waals surface area contributed by atoms with Gasteiger partial charge in [-0.1, -0.05) is 17.7 Å². The summed E-state index contributed by atoms with van der Waals surface area (Å²) in [5.74, 6) is 0. The Morgan fingerprint density at radius 2 is 1.87 bits per heavy atom. The molecular formula is C16H19BClN3O2. The maximum absolute atomic E-state index is 9.05. The maximum atomic E-state index is 9.05. The van der Waals surface area contributed by atoms with Crippen molar-refractivity contribution in [2.45, 2.75) is 45.3 Å². The van der Waals surface area contributed by atoms with E-state index in [2.05, 4.69) is 11.2 Å². The van der Waals surface area contributed by atoms with Gasteiger partial charge >= 0.3 is 7.12 Å². The van der Waals surface area contributed by atoms with Crippen molar-refractivity contribution in [2.75, 3.05) is 0 Å². The first-order valence-electron chi connectivity index (χ1n) is 7.54. The zero-order chi connectivity index (χ0) is 17.0. The van der Waals surface area contributed by atoms with Crippen LogP contribution in [0.1, 0.15) is 33.4 Å². The number of aromatic nitrogens is 2. The number of benzene rings is 1. The lowest BCUT2D eigenvalue weighted by Crippen LogP contribution is -2.41. The molecule has 120 valence electrons. The summed E-state index contributed by atoms with van der Waals surface area (Å²) >= 11 is 6.64. The maximum Gasteiger partial charge on any atom is 0.496 e. The number of aryl methyl sites for hydroxylation is 1. The Balaban J connectivity index is 2.12. The lowest BCUT2D eigenvalue weighted by molar-refractivity contribution is 0.00578. The third-order valence-corrected chi connectivity index (χ3v) is 5.25. The number of hydrogen-bond acceptors (Lipinski definition) is 4. The second-order valence-corrected chi connectivity index (χ2v) is 7.23. The zero-order valence-electron chi connectivity index (χ0n) is 14.0. The molecular weight excluding hydrogens is 312 g/mol. The topological polar surface area (TPSA) is 60.1 Å². The van der Waals surface area contributed by atoms with Crippen LogP contribution in [0.3, 0.4) is 0 Å². The van der Waals surface area contributed by atoms with Gasteiger partial charge in [-0.25, -0.2) is 0 Å². The molecule has 1 aromatic heterocycles. The zero-order valence-corrected chi connectivity index (χ0v) is 14.7. The second-order valence-electron chi connectivity index (χ2n) is 6.86. The molecule has 1 aliphatic rings. The second kappa shape index (κ2) is 5.24. The van der Waals surface area contributed by atoms with Gasteiger partial charge in [0.1, 0.15) is 0 Å². The van der Waals surface area contributed by atoms with Crippen LogP contribution in [0.15, 0.2) is 12.1 Å². The quantitative estimate of drug-likeness (QED) is 0.794. The van der Waals surface area contributed by atoms with E-state index in [9.17, 15) is 0 Å². The van der Waals surface area contributed by atoms with Gasteiger partial charge in [0.15, 0.2) is 0 Å². The molecule has 0 radical (unpaired) electrons. The van der Waals surface area contributed by atoms with E-state index >= 15 is 0 Å². The standard InChI is InChI=1S/C16H19BClN3O2/c1-15(2)16(3,4)23-17(22-15)10-6-7-11-13(14(10)18)12(8-9-19)21(5)20-11/h6-7H,8H2,1-5H3. The third-order valence-electron chi connectivity index (χ3n) is 4.84. The molecule has 7 heteroatoms. The molecule has 0 amide bonds. The van der Waals surface area contributed by atoms with E-state index < -0.39 is 18.3 Å². The van der Waals surface area contributed by atoms with Crippen molar-refractivity contribution in [3.05, 3.63) is 22.8 Å². The smallest absolute Gasteiger partial charge is 0.399 e. The number of rotatable bonds is 2. The highest BCUT2D eigenvalue weighted by atomic mass is 35.5. The van der Waals surface area contributed by atoms with Crippen LogP contribution < -0.4 is 5.46 Å². The van der Waals surface area contributed by atoms with Crippen molar-refractivity contribution >= 4 is 35.1 Å². The minimum atomic E-state index is -0.535. The number of nitriles is 1. The summed E-state index contributed by atoms with van der Waals surface area (Å²) < 4.78 is 13.9. The van der Waals surface area contributed by atoms with E-state index in [0.717, 1.165) is 22.1 Å². The van der Waals surface area contributed by atoms with Crippen molar-refractivity contribution in [1.29, 1.82) is 5.26 Å². The molecule has 23 heavy (non-hydrogen) atoms. The third kappa shape index (κ3) is 2.44. The average Bonchev–Trinajstić information content (AvgIpc) is 2.85. The molecule has 1 fully saturated rings. The molecule has 2 heterocycles. The Hall–Kier alpha value is -1.55. The predicted molar refractivity (Wildman–Crippen MR) is 90.8 cm³/mol. The minimum absolute atomic E-state index is 0.250. The van der Waals surface area contributed by atoms with Crippen molar-refractivity contribution in [1.82, 2.24) is 9.78 Å². The van der Waals surface area contributed by atoms with Crippen LogP contribution >= 0.6 is 11.6 Å². The lowest BCUT2D eigenvalue weighted by atomic mass is 9.78. The fraction of sp³-hybridized carbons (Fsp3) is 0.500. The number of nitrogens with zero attached hydrogens (tertiary/aromatic N) is 3. The summed E-state index contributed by atoms with van der Waals surface area (Å²) in [7, 11) is 1.28. The first kappa shape index (κ1) is 16.3. The molecule has 1 aliphatic heterocycles. The highest BCUT2D eigenvalue weighted by Crippen LogP contribution is 2.37. The van der Waals surface area contributed by atoms with Crippen molar-refractivity contribution in [2.24, 2.45) is 7.05 Å². The molecule has 3 rings (SSSR count). The van der Waals surface area contributed by atoms with Gasteiger partial charge in [0, 0.05) is 17.9 Å². The normalized spacial score (nSPS) is 19.3. The van der Waals surface area contributed by atoms with Gasteiger partial charge in [0.2, 0.25) is 0 Å². The Kier molecular flexibility index (Phi) is 3.71. The van der Waals surface area contributed by atoms with Crippen LogP contribution in [0.25, 0.3) is 10.9 Å². The van der Waals surface area contributed by atoms with E-state index in [1.807, 2.05) is 46.9 Å². The van der Waals surface area contributed by atoms with Crippen LogP contribution in [0, 0.1) is 11.3 Å². The largest absolute Gasteiger partial charge is 0.496 e. The lowest BCUT2D eigenvalue weighted by Gasteiger charge is -2.32. The molecule has 5 nitrogen and oxygen atoms in total. The fourth-order valence-electron chi connectivity index (χ4n) is 2.75. The van der Waals surface area contributed by atoms with E-state index in [1.54, 1.807) is 4.68 Å². The molecule has 2 aromatic rings. The van der Waals surface area contributed by atoms with E-state index in [-0.39, 0.29) is 6.42 Å². The number of fused-ring (bicyclic) bond motifs is 1. The van der Waals surface area contributed by atoms with Crippen LogP contribution in [-0.4, -0.2) is 28.1 Å². The first-order valence-corrected chi connectivity index (χ1v) is 7.92. The van der Waals surface area contributed by atoms with E-state index in [1.165, 1.54) is 0 Å². The molecule has 1 saturated heterocycles. The van der Waals surface area contributed by atoms with Gasteiger partial charge in [-0.2, -0.15) is 10.4 Å². The molecule has 0 bridgehead atoms. The number of hydrogen-bond donors (Lipinski definition) is 0. The summed E-state index contributed by atoms with van der Waals surface area (Å²) in [6.45, 7) is 8.02. The molecule has 0 saturated carbocycles. The van der Waals surface area contributed by atoms with Gasteiger partial charge < -0.3 is 9.31 Å². The van der Waals surface area contributed by atoms with Gasteiger partial charge in [-0.05, 0) is 33.8 Å². The Bertz CT molecular complexity index is 807. The summed E-state index contributed by atoms with van der Waals surface area (Å²) in [6, 6.07) is 5.94. The first-order chi connectivity index (χ1) is 10.7. The van der Waals surface area contributed by atoms with Gasteiger partial charge in [0.25, 0.3) is 0 Å². The highest BCUT2D eigenvalue weighted by Gasteiger charge is 2.52. The molecule has 0 N–H and O–H groups in total. The van der Waals surface area contributed by atoms with Crippen LogP contribution in [0.2, 0.25) is 5.02 Å². The average molecular weight is 332 g/mol. The Labute approximate surface area is 141 Å².